The zero-order chi connectivity index (χ0) is 15.6. The fourth-order valence-electron chi connectivity index (χ4n) is 2.68. The Labute approximate surface area is 121 Å². The van der Waals surface area contributed by atoms with Gasteiger partial charge in [-0.15, -0.1) is 0 Å². The van der Waals surface area contributed by atoms with Crippen LogP contribution in [0.4, 0.5) is 5.69 Å². The van der Waals surface area contributed by atoms with E-state index >= 15 is 0 Å². The Balaban J connectivity index is 2.27. The average molecular weight is 292 g/mol. The second kappa shape index (κ2) is 5.90. The van der Waals surface area contributed by atoms with Crippen LogP contribution in [-0.2, 0) is 4.79 Å². The minimum absolute atomic E-state index is 0.000684. The van der Waals surface area contributed by atoms with Gasteiger partial charge in [0.05, 0.1) is 10.8 Å². The standard InChI is InChI=1S/C14H16N2O5/c1-9-6-10(14(18)19)8-15(7-9)13(17)11-4-2-3-5-12(11)16(20)21/h2-5,9-10H,6-8H2,1H3,(H,18,19). The van der Waals surface area contributed by atoms with Crippen LogP contribution in [0.25, 0.3) is 0 Å². The fourth-order valence-corrected chi connectivity index (χ4v) is 2.68. The summed E-state index contributed by atoms with van der Waals surface area (Å²) in [5.41, 5.74) is -0.256. The van der Waals surface area contributed by atoms with Crippen molar-refractivity contribution in [3.05, 3.63) is 39.9 Å². The molecule has 1 heterocycles. The van der Waals surface area contributed by atoms with Crippen molar-refractivity contribution in [1.29, 1.82) is 0 Å². The molecule has 1 saturated heterocycles. The third-order valence-corrected chi connectivity index (χ3v) is 3.63. The summed E-state index contributed by atoms with van der Waals surface area (Å²) >= 11 is 0. The first-order valence-electron chi connectivity index (χ1n) is 6.65. The summed E-state index contributed by atoms with van der Waals surface area (Å²) in [4.78, 5) is 35.4. The normalized spacial score (nSPS) is 21.9. The van der Waals surface area contributed by atoms with Crippen LogP contribution in [0.15, 0.2) is 24.3 Å². The molecule has 7 nitrogen and oxygen atoms in total. The number of nitrogens with zero attached hydrogens (tertiary/aromatic N) is 2. The van der Waals surface area contributed by atoms with E-state index < -0.39 is 22.7 Å². The number of carbonyl (C=O) groups is 2. The highest BCUT2D eigenvalue weighted by Gasteiger charge is 2.34. The van der Waals surface area contributed by atoms with E-state index in [0.29, 0.717) is 13.0 Å². The van der Waals surface area contributed by atoms with Crippen LogP contribution in [0.2, 0.25) is 0 Å². The molecule has 0 aromatic heterocycles. The number of carbonyl (C=O) groups excluding carboxylic acids is 1. The molecule has 0 spiro atoms. The molecule has 1 aromatic carbocycles. The molecule has 0 aliphatic carbocycles. The third-order valence-electron chi connectivity index (χ3n) is 3.63. The maximum atomic E-state index is 12.5. The summed E-state index contributed by atoms with van der Waals surface area (Å²) in [5.74, 6) is -2.01. The van der Waals surface area contributed by atoms with Crippen molar-refractivity contribution in [2.45, 2.75) is 13.3 Å². The number of nitro groups is 1. The Morgan fingerprint density at radius 3 is 2.62 bits per heavy atom. The van der Waals surface area contributed by atoms with Crippen LogP contribution >= 0.6 is 0 Å². The van der Waals surface area contributed by atoms with E-state index in [1.807, 2.05) is 6.92 Å². The lowest BCUT2D eigenvalue weighted by Gasteiger charge is -2.34. The maximum absolute atomic E-state index is 12.5. The van der Waals surface area contributed by atoms with E-state index in [1.54, 1.807) is 6.07 Å². The Hall–Kier alpha value is -2.44. The van der Waals surface area contributed by atoms with E-state index in [1.165, 1.54) is 23.1 Å². The van der Waals surface area contributed by atoms with Gasteiger partial charge in [-0.1, -0.05) is 19.1 Å². The summed E-state index contributed by atoms with van der Waals surface area (Å²) in [5, 5.41) is 20.1. The molecule has 2 rings (SSSR count). The zero-order valence-corrected chi connectivity index (χ0v) is 11.6. The first-order chi connectivity index (χ1) is 9.90. The SMILES string of the molecule is CC1CC(C(=O)O)CN(C(=O)c2ccccc2[N+](=O)[O-])C1. The van der Waals surface area contributed by atoms with Gasteiger partial charge in [0.1, 0.15) is 5.56 Å². The minimum atomic E-state index is -0.943. The molecule has 1 fully saturated rings. The number of benzene rings is 1. The summed E-state index contributed by atoms with van der Waals surface area (Å²) in [7, 11) is 0. The molecule has 1 aliphatic heterocycles. The highest BCUT2D eigenvalue weighted by molar-refractivity contribution is 5.98. The van der Waals surface area contributed by atoms with Crippen molar-refractivity contribution >= 4 is 17.6 Å². The molecular formula is C14H16N2O5. The van der Waals surface area contributed by atoms with Crippen molar-refractivity contribution in [1.82, 2.24) is 4.90 Å². The fraction of sp³-hybridized carbons (Fsp3) is 0.429. The summed E-state index contributed by atoms with van der Waals surface area (Å²) in [6.07, 6.45) is 0.510. The van der Waals surface area contributed by atoms with Crippen LogP contribution in [0.3, 0.4) is 0 Å². The molecule has 1 N–H and O–H groups in total. The molecule has 7 heteroatoms. The molecule has 1 amide bonds. The van der Waals surface area contributed by atoms with Gasteiger partial charge in [0, 0.05) is 19.2 Å². The number of carboxylic acid groups (broad SMARTS) is 1. The van der Waals surface area contributed by atoms with Crippen molar-refractivity contribution in [3.8, 4) is 0 Å². The number of hydrogen-bond acceptors (Lipinski definition) is 4. The first-order valence-corrected chi connectivity index (χ1v) is 6.65. The van der Waals surface area contributed by atoms with Gasteiger partial charge in [0.2, 0.25) is 0 Å². The molecule has 0 bridgehead atoms. The predicted molar refractivity (Wildman–Crippen MR) is 73.9 cm³/mol. The van der Waals surface area contributed by atoms with E-state index in [0.717, 1.165) is 0 Å². The monoisotopic (exact) mass is 292 g/mol. The van der Waals surface area contributed by atoms with Crippen molar-refractivity contribution in [2.75, 3.05) is 13.1 Å². The Bertz CT molecular complexity index is 586. The lowest BCUT2D eigenvalue weighted by atomic mass is 9.90. The summed E-state index contributed by atoms with van der Waals surface area (Å²) in [6.45, 7) is 2.37. The second-order valence-electron chi connectivity index (χ2n) is 5.36. The van der Waals surface area contributed by atoms with Crippen LogP contribution in [0.1, 0.15) is 23.7 Å². The molecular weight excluding hydrogens is 276 g/mol. The molecule has 1 aliphatic rings. The Morgan fingerprint density at radius 2 is 2.00 bits per heavy atom. The molecule has 0 saturated carbocycles. The van der Waals surface area contributed by atoms with E-state index in [2.05, 4.69) is 0 Å². The van der Waals surface area contributed by atoms with Gasteiger partial charge in [0.25, 0.3) is 11.6 Å². The van der Waals surface area contributed by atoms with E-state index in [-0.39, 0.29) is 23.7 Å². The highest BCUT2D eigenvalue weighted by Crippen LogP contribution is 2.26. The predicted octanol–water partition coefficient (Wildman–Crippen LogP) is 1.78. The number of likely N-dealkylation sites (tertiary alicyclic amines) is 1. The lowest BCUT2D eigenvalue weighted by Crippen LogP contribution is -2.45. The molecule has 2 atom stereocenters. The van der Waals surface area contributed by atoms with E-state index in [4.69, 9.17) is 5.11 Å². The zero-order valence-electron chi connectivity index (χ0n) is 11.6. The van der Waals surface area contributed by atoms with Crippen molar-refractivity contribution in [3.63, 3.8) is 0 Å². The first kappa shape index (κ1) is 15.0. The lowest BCUT2D eigenvalue weighted by molar-refractivity contribution is -0.385. The minimum Gasteiger partial charge on any atom is -0.481 e. The van der Waals surface area contributed by atoms with Gasteiger partial charge in [-0.2, -0.15) is 0 Å². The number of piperidine rings is 1. The number of carboxylic acids is 1. The number of amides is 1. The number of nitro benzene ring substituents is 1. The van der Waals surface area contributed by atoms with E-state index in [9.17, 15) is 19.7 Å². The molecule has 21 heavy (non-hydrogen) atoms. The van der Waals surface area contributed by atoms with Gasteiger partial charge in [-0.25, -0.2) is 0 Å². The largest absolute Gasteiger partial charge is 0.481 e. The molecule has 2 unspecified atom stereocenters. The van der Waals surface area contributed by atoms with Crippen LogP contribution in [0.5, 0.6) is 0 Å². The maximum Gasteiger partial charge on any atom is 0.308 e. The average Bonchev–Trinajstić information content (AvgIpc) is 2.45. The van der Waals surface area contributed by atoms with Gasteiger partial charge in [-0.3, -0.25) is 19.7 Å². The smallest absolute Gasteiger partial charge is 0.308 e. The van der Waals surface area contributed by atoms with Crippen LogP contribution < -0.4 is 0 Å². The Morgan fingerprint density at radius 1 is 1.33 bits per heavy atom. The van der Waals surface area contributed by atoms with Crippen molar-refractivity contribution in [2.24, 2.45) is 11.8 Å². The molecule has 1 aromatic rings. The van der Waals surface area contributed by atoms with Crippen LogP contribution in [-0.4, -0.2) is 39.9 Å². The number of hydrogen-bond donors (Lipinski definition) is 1. The van der Waals surface area contributed by atoms with Gasteiger partial charge in [-0.05, 0) is 18.4 Å². The third kappa shape index (κ3) is 3.18. The molecule has 0 radical (unpaired) electrons. The summed E-state index contributed by atoms with van der Waals surface area (Å²) < 4.78 is 0. The topological polar surface area (TPSA) is 101 Å². The number of para-hydroxylation sites is 1. The summed E-state index contributed by atoms with van der Waals surface area (Å²) in [6, 6.07) is 5.72. The van der Waals surface area contributed by atoms with Crippen molar-refractivity contribution < 1.29 is 19.6 Å². The van der Waals surface area contributed by atoms with Gasteiger partial charge < -0.3 is 10.0 Å². The molecule has 112 valence electrons. The number of rotatable bonds is 3. The van der Waals surface area contributed by atoms with Crippen LogP contribution in [0, 0.1) is 22.0 Å². The highest BCUT2D eigenvalue weighted by atomic mass is 16.6. The van der Waals surface area contributed by atoms with Gasteiger partial charge in [0.15, 0.2) is 0 Å². The Kier molecular flexibility index (Phi) is 4.21. The quantitative estimate of drug-likeness (QED) is 0.676. The second-order valence-corrected chi connectivity index (χ2v) is 5.36. The number of aliphatic carboxylic acids is 1. The van der Waals surface area contributed by atoms with Gasteiger partial charge >= 0.3 is 5.97 Å².